The number of hydrogen-bond acceptors (Lipinski definition) is 1. The third kappa shape index (κ3) is 3.73. The first-order valence-electron chi connectivity index (χ1n) is 11.5. The monoisotopic (exact) mass is 417 g/mol. The summed E-state index contributed by atoms with van der Waals surface area (Å²) in [5.74, 6) is 0. The number of benzene rings is 4. The summed E-state index contributed by atoms with van der Waals surface area (Å²) < 4.78 is 0. The minimum atomic E-state index is 0.187. The van der Waals surface area contributed by atoms with Crippen LogP contribution in [0.25, 0.3) is 22.3 Å². The van der Waals surface area contributed by atoms with Crippen LogP contribution in [0.3, 0.4) is 0 Å². The number of nitrogens with one attached hydrogen (secondary N) is 1. The first-order valence-corrected chi connectivity index (χ1v) is 11.5. The molecule has 0 spiro atoms. The second kappa shape index (κ2) is 7.67. The first-order chi connectivity index (χ1) is 15.3. The second-order valence-corrected chi connectivity index (χ2v) is 10.3. The fourth-order valence-electron chi connectivity index (χ4n) is 5.65. The molecule has 5 rings (SSSR count). The highest BCUT2D eigenvalue weighted by Gasteiger charge is 2.43. The summed E-state index contributed by atoms with van der Waals surface area (Å²) in [5.41, 5.74) is 10.8. The molecule has 160 valence electrons. The molecule has 0 radical (unpaired) electrons. The molecule has 1 nitrogen and oxygen atoms in total. The lowest BCUT2D eigenvalue weighted by Crippen LogP contribution is -2.18. The van der Waals surface area contributed by atoms with Crippen molar-refractivity contribution in [3.05, 3.63) is 108 Å². The molecule has 1 aliphatic carbocycles. The summed E-state index contributed by atoms with van der Waals surface area (Å²) in [4.78, 5) is 0. The second-order valence-electron chi connectivity index (χ2n) is 10.3. The van der Waals surface area contributed by atoms with Gasteiger partial charge in [-0.25, -0.2) is 0 Å². The summed E-state index contributed by atoms with van der Waals surface area (Å²) in [6.45, 7) is 9.53. The van der Waals surface area contributed by atoms with Crippen molar-refractivity contribution in [2.75, 3.05) is 5.32 Å². The van der Waals surface area contributed by atoms with Crippen molar-refractivity contribution in [1.82, 2.24) is 0 Å². The van der Waals surface area contributed by atoms with Crippen LogP contribution in [-0.2, 0) is 10.8 Å². The average Bonchev–Trinajstić information content (AvgIpc) is 2.99. The van der Waals surface area contributed by atoms with Gasteiger partial charge in [-0.15, -0.1) is 0 Å². The fraction of sp³-hybridized carbons (Fsp3) is 0.226. The molecular formula is C31H31N. The van der Waals surface area contributed by atoms with Crippen LogP contribution in [0.5, 0.6) is 0 Å². The van der Waals surface area contributed by atoms with E-state index in [4.69, 9.17) is 0 Å². The predicted molar refractivity (Wildman–Crippen MR) is 138 cm³/mol. The van der Waals surface area contributed by atoms with Crippen molar-refractivity contribution in [3.63, 3.8) is 0 Å². The van der Waals surface area contributed by atoms with Crippen LogP contribution < -0.4 is 5.32 Å². The summed E-state index contributed by atoms with van der Waals surface area (Å²) in [7, 11) is 0. The highest BCUT2D eigenvalue weighted by atomic mass is 14.9. The summed E-state index contributed by atoms with van der Waals surface area (Å²) in [5, 5.41) is 3.54. The van der Waals surface area contributed by atoms with E-state index in [9.17, 15) is 0 Å². The molecule has 1 N–H and O–H groups in total. The zero-order valence-electron chi connectivity index (χ0n) is 19.4. The van der Waals surface area contributed by atoms with Crippen LogP contribution in [-0.4, -0.2) is 0 Å². The molecule has 0 aliphatic heterocycles. The Morgan fingerprint density at radius 1 is 0.531 bits per heavy atom. The normalized spacial score (nSPS) is 15.9. The molecule has 1 aliphatic rings. The van der Waals surface area contributed by atoms with E-state index in [2.05, 4.69) is 130 Å². The molecule has 0 amide bonds. The van der Waals surface area contributed by atoms with Gasteiger partial charge in [0.25, 0.3) is 0 Å². The molecule has 0 aromatic heterocycles. The zero-order chi connectivity index (χ0) is 22.3. The lowest BCUT2D eigenvalue weighted by Gasteiger charge is -2.23. The van der Waals surface area contributed by atoms with Crippen molar-refractivity contribution in [1.29, 1.82) is 0 Å². The van der Waals surface area contributed by atoms with Gasteiger partial charge in [-0.1, -0.05) is 100 Å². The molecular weight excluding hydrogens is 386 g/mol. The Morgan fingerprint density at radius 2 is 1.09 bits per heavy atom. The van der Waals surface area contributed by atoms with Gasteiger partial charge in [-0.05, 0) is 74.9 Å². The van der Waals surface area contributed by atoms with E-state index in [1.807, 2.05) is 0 Å². The van der Waals surface area contributed by atoms with Crippen LogP contribution in [0.2, 0.25) is 0 Å². The quantitative estimate of drug-likeness (QED) is 0.350. The van der Waals surface area contributed by atoms with Crippen LogP contribution in [0.15, 0.2) is 97.1 Å². The Morgan fingerprint density at radius 3 is 1.72 bits per heavy atom. The number of fused-ring (bicyclic) bond motifs is 1. The van der Waals surface area contributed by atoms with Crippen molar-refractivity contribution in [3.8, 4) is 22.3 Å². The minimum absolute atomic E-state index is 0.187. The number of hydrogen-bond donors (Lipinski definition) is 1. The summed E-state index contributed by atoms with van der Waals surface area (Å²) >= 11 is 0. The Hall–Kier alpha value is -3.32. The topological polar surface area (TPSA) is 12.0 Å². The van der Waals surface area contributed by atoms with Crippen molar-refractivity contribution in [2.45, 2.75) is 44.9 Å². The molecule has 4 aromatic carbocycles. The first kappa shape index (κ1) is 20.6. The summed E-state index contributed by atoms with van der Waals surface area (Å²) in [6, 6.07) is 34.8. The van der Waals surface area contributed by atoms with Crippen LogP contribution in [0.4, 0.5) is 11.4 Å². The molecule has 32 heavy (non-hydrogen) atoms. The zero-order valence-corrected chi connectivity index (χ0v) is 19.4. The highest BCUT2D eigenvalue weighted by Crippen LogP contribution is 2.52. The van der Waals surface area contributed by atoms with Crippen LogP contribution >= 0.6 is 0 Å². The molecule has 0 bridgehead atoms. The molecule has 0 unspecified atom stereocenters. The van der Waals surface area contributed by atoms with E-state index in [0.29, 0.717) is 0 Å². The Labute approximate surface area is 192 Å². The van der Waals surface area contributed by atoms with Gasteiger partial charge in [-0.2, -0.15) is 0 Å². The lowest BCUT2D eigenvalue weighted by atomic mass is 9.80. The predicted octanol–water partition coefficient (Wildman–Crippen LogP) is 8.72. The van der Waals surface area contributed by atoms with E-state index in [-0.39, 0.29) is 10.8 Å². The highest BCUT2D eigenvalue weighted by molar-refractivity contribution is 5.75. The Kier molecular flexibility index (Phi) is 4.93. The van der Waals surface area contributed by atoms with Gasteiger partial charge in [-0.3, -0.25) is 0 Å². The molecule has 0 fully saturated rings. The minimum Gasteiger partial charge on any atom is -0.356 e. The van der Waals surface area contributed by atoms with Gasteiger partial charge in [0.05, 0.1) is 0 Å². The van der Waals surface area contributed by atoms with Gasteiger partial charge >= 0.3 is 0 Å². The molecule has 1 heteroatoms. The van der Waals surface area contributed by atoms with Crippen LogP contribution in [0.1, 0.15) is 45.2 Å². The van der Waals surface area contributed by atoms with Crippen LogP contribution in [0, 0.1) is 0 Å². The molecule has 0 atom stereocenters. The molecule has 0 heterocycles. The maximum atomic E-state index is 3.54. The van der Waals surface area contributed by atoms with Crippen molar-refractivity contribution >= 4 is 11.4 Å². The Balaban J connectivity index is 1.39. The van der Waals surface area contributed by atoms with E-state index in [1.165, 1.54) is 39.8 Å². The largest absolute Gasteiger partial charge is 0.356 e. The van der Waals surface area contributed by atoms with E-state index < -0.39 is 0 Å². The van der Waals surface area contributed by atoms with Gasteiger partial charge in [0.2, 0.25) is 0 Å². The van der Waals surface area contributed by atoms with Crippen molar-refractivity contribution in [2.24, 2.45) is 0 Å². The smallest absolute Gasteiger partial charge is 0.0384 e. The Bertz CT molecular complexity index is 1230. The number of rotatable bonds is 4. The van der Waals surface area contributed by atoms with E-state index in [1.54, 1.807) is 0 Å². The molecule has 0 saturated heterocycles. The molecule has 0 saturated carbocycles. The molecule has 4 aromatic rings. The van der Waals surface area contributed by atoms with Crippen molar-refractivity contribution < 1.29 is 0 Å². The van der Waals surface area contributed by atoms with E-state index >= 15 is 0 Å². The fourth-order valence-corrected chi connectivity index (χ4v) is 5.65. The summed E-state index contributed by atoms with van der Waals surface area (Å²) in [6.07, 6.45) is 1.19. The maximum Gasteiger partial charge on any atom is 0.0384 e. The standard InChI is InChI=1S/C31H31N/c1-30(2)21-31(3,4)29-27(11-8-12-28(29)30)24-15-19-26(20-16-24)32-25-17-13-23(14-18-25)22-9-6-5-7-10-22/h5-20,32H,21H2,1-4H3. The van der Waals surface area contributed by atoms with Gasteiger partial charge in [0.1, 0.15) is 0 Å². The average molecular weight is 418 g/mol. The third-order valence-corrected chi connectivity index (χ3v) is 6.83. The van der Waals surface area contributed by atoms with Gasteiger partial charge in [0.15, 0.2) is 0 Å². The third-order valence-electron chi connectivity index (χ3n) is 6.83. The lowest BCUT2D eigenvalue weighted by molar-refractivity contribution is 0.403. The maximum absolute atomic E-state index is 3.54. The van der Waals surface area contributed by atoms with Gasteiger partial charge < -0.3 is 5.32 Å². The number of anilines is 2. The van der Waals surface area contributed by atoms with E-state index in [0.717, 1.165) is 11.4 Å². The SMILES string of the molecule is CC1(C)CC(C)(C)c2c(-c3ccc(Nc4ccc(-c5ccccc5)cc4)cc3)cccc21. The van der Waals surface area contributed by atoms with Gasteiger partial charge in [0, 0.05) is 11.4 Å².